The Bertz CT molecular complexity index is 299. The monoisotopic (exact) mass is 304 g/mol. The first-order chi connectivity index (χ1) is 9.12. The number of ketones is 1. The Balaban J connectivity index is 2.46. The van der Waals surface area contributed by atoms with Gasteiger partial charge in [0.05, 0.1) is 17.6 Å². The lowest BCUT2D eigenvalue weighted by Gasteiger charge is -2.35. The summed E-state index contributed by atoms with van der Waals surface area (Å²) in [5.41, 5.74) is 0. The van der Waals surface area contributed by atoms with E-state index in [1.54, 1.807) is 0 Å². The van der Waals surface area contributed by atoms with E-state index in [1.807, 2.05) is 23.5 Å². The minimum absolute atomic E-state index is 0.0709. The second-order valence-corrected chi connectivity index (χ2v) is 8.07. The third-order valence-electron chi connectivity index (χ3n) is 3.23. The van der Waals surface area contributed by atoms with Crippen LogP contribution in [0.25, 0.3) is 0 Å². The number of methoxy groups -OCH3 is 1. The lowest BCUT2D eigenvalue weighted by atomic mass is 10.1. The zero-order valence-electron chi connectivity index (χ0n) is 11.9. The maximum absolute atomic E-state index is 12.1. The van der Waals surface area contributed by atoms with Crippen molar-refractivity contribution in [1.29, 1.82) is 0 Å². The van der Waals surface area contributed by atoms with Crippen molar-refractivity contribution in [2.45, 2.75) is 55.9 Å². The molecule has 0 bridgehead atoms. The first kappa shape index (κ1) is 16.9. The van der Waals surface area contributed by atoms with Gasteiger partial charge in [0.1, 0.15) is 5.78 Å². The van der Waals surface area contributed by atoms with Crippen molar-refractivity contribution in [2.75, 3.05) is 18.6 Å². The van der Waals surface area contributed by atoms with Gasteiger partial charge in [0.2, 0.25) is 0 Å². The number of esters is 1. The van der Waals surface area contributed by atoms with Crippen molar-refractivity contribution in [3.8, 4) is 0 Å². The van der Waals surface area contributed by atoms with Gasteiger partial charge in [-0.15, -0.1) is 23.5 Å². The maximum Gasteiger partial charge on any atom is 0.305 e. The molecular weight excluding hydrogens is 280 g/mol. The summed E-state index contributed by atoms with van der Waals surface area (Å²) < 4.78 is 4.65. The van der Waals surface area contributed by atoms with Gasteiger partial charge in [-0.05, 0) is 24.3 Å². The fourth-order valence-corrected chi connectivity index (χ4v) is 5.57. The molecule has 19 heavy (non-hydrogen) atoms. The molecule has 0 amide bonds. The molecule has 3 nitrogen and oxygen atoms in total. The molecule has 1 rings (SSSR count). The Morgan fingerprint density at radius 2 is 1.89 bits per heavy atom. The minimum atomic E-state index is -0.292. The molecular formula is C14H24O3S2. The number of hydrogen-bond acceptors (Lipinski definition) is 5. The van der Waals surface area contributed by atoms with Gasteiger partial charge in [0.25, 0.3) is 0 Å². The largest absolute Gasteiger partial charge is 0.469 e. The SMILES string of the molecule is CCCCC1(CC(=O)CCC(=O)OC)SCCCS1. The molecule has 5 heteroatoms. The molecule has 0 radical (unpaired) electrons. The summed E-state index contributed by atoms with van der Waals surface area (Å²) in [6.07, 6.45) is 5.81. The van der Waals surface area contributed by atoms with Crippen LogP contribution in [0.3, 0.4) is 0 Å². The van der Waals surface area contributed by atoms with Crippen LogP contribution in [0.2, 0.25) is 0 Å². The van der Waals surface area contributed by atoms with E-state index in [1.165, 1.54) is 26.4 Å². The Morgan fingerprint density at radius 1 is 1.21 bits per heavy atom. The summed E-state index contributed by atoms with van der Waals surface area (Å²) in [6.45, 7) is 2.19. The Hall–Kier alpha value is -0.160. The van der Waals surface area contributed by atoms with Crippen LogP contribution in [0, 0.1) is 0 Å². The van der Waals surface area contributed by atoms with E-state index in [-0.39, 0.29) is 22.3 Å². The van der Waals surface area contributed by atoms with Gasteiger partial charge in [-0.25, -0.2) is 0 Å². The second kappa shape index (κ2) is 8.90. The number of unbranched alkanes of at least 4 members (excludes halogenated alkanes) is 1. The first-order valence-corrected chi connectivity index (χ1v) is 8.95. The van der Waals surface area contributed by atoms with Crippen molar-refractivity contribution in [2.24, 2.45) is 0 Å². The Kier molecular flexibility index (Phi) is 7.91. The van der Waals surface area contributed by atoms with Gasteiger partial charge in [-0.1, -0.05) is 19.8 Å². The number of hydrogen-bond donors (Lipinski definition) is 0. The molecule has 0 saturated carbocycles. The highest BCUT2D eigenvalue weighted by Gasteiger charge is 2.35. The molecule has 1 saturated heterocycles. The molecule has 0 atom stereocenters. The summed E-state index contributed by atoms with van der Waals surface area (Å²) in [5, 5.41) is 0. The standard InChI is InChI=1S/C14H24O3S2/c1-3-4-8-14(18-9-5-10-19-14)11-12(15)6-7-13(16)17-2/h3-11H2,1-2H3. The van der Waals surface area contributed by atoms with Crippen molar-refractivity contribution < 1.29 is 14.3 Å². The second-order valence-electron chi connectivity index (χ2n) is 4.86. The van der Waals surface area contributed by atoms with Crippen LogP contribution < -0.4 is 0 Å². The van der Waals surface area contributed by atoms with Gasteiger partial charge in [-0.2, -0.15) is 0 Å². The number of Topliss-reactive ketones (excluding diaryl/α,β-unsaturated/α-hetero) is 1. The molecule has 1 heterocycles. The van der Waals surface area contributed by atoms with Gasteiger partial charge in [0, 0.05) is 12.8 Å². The molecule has 1 aliphatic heterocycles. The molecule has 0 spiro atoms. The fraction of sp³-hybridized carbons (Fsp3) is 0.857. The molecule has 0 aliphatic carbocycles. The molecule has 0 aromatic carbocycles. The molecule has 110 valence electrons. The summed E-state index contributed by atoms with van der Waals surface area (Å²) >= 11 is 3.89. The topological polar surface area (TPSA) is 43.4 Å². The summed E-state index contributed by atoms with van der Waals surface area (Å²) in [7, 11) is 1.36. The van der Waals surface area contributed by atoms with Crippen molar-refractivity contribution >= 4 is 35.3 Å². The van der Waals surface area contributed by atoms with Crippen LogP contribution >= 0.6 is 23.5 Å². The molecule has 0 unspecified atom stereocenters. The molecule has 0 aromatic heterocycles. The highest BCUT2D eigenvalue weighted by atomic mass is 32.2. The zero-order valence-corrected chi connectivity index (χ0v) is 13.5. The molecule has 0 N–H and O–H groups in total. The third kappa shape index (κ3) is 6.21. The van der Waals surface area contributed by atoms with Gasteiger partial charge >= 0.3 is 5.97 Å². The molecule has 1 aliphatic rings. The summed E-state index contributed by atoms with van der Waals surface area (Å²) in [6, 6.07) is 0. The van der Waals surface area contributed by atoms with Crippen LogP contribution in [-0.4, -0.2) is 34.4 Å². The van der Waals surface area contributed by atoms with Crippen LogP contribution in [0.1, 0.15) is 51.9 Å². The first-order valence-electron chi connectivity index (χ1n) is 6.98. The zero-order chi connectivity index (χ0) is 14.1. The van der Waals surface area contributed by atoms with Crippen molar-refractivity contribution in [1.82, 2.24) is 0 Å². The van der Waals surface area contributed by atoms with E-state index in [4.69, 9.17) is 0 Å². The normalized spacial score (nSPS) is 18.0. The van der Waals surface area contributed by atoms with Gasteiger partial charge < -0.3 is 4.74 Å². The summed E-state index contributed by atoms with van der Waals surface area (Å²) in [4.78, 5) is 23.1. The van der Waals surface area contributed by atoms with Crippen LogP contribution in [0.15, 0.2) is 0 Å². The lowest BCUT2D eigenvalue weighted by molar-refractivity contribution is -0.141. The molecule has 1 fully saturated rings. The van der Waals surface area contributed by atoms with E-state index >= 15 is 0 Å². The van der Waals surface area contributed by atoms with Crippen LogP contribution in [-0.2, 0) is 14.3 Å². The highest BCUT2D eigenvalue weighted by molar-refractivity contribution is 8.18. The van der Waals surface area contributed by atoms with Crippen molar-refractivity contribution in [3.63, 3.8) is 0 Å². The third-order valence-corrected chi connectivity index (χ3v) is 6.67. The van der Waals surface area contributed by atoms with E-state index in [2.05, 4.69) is 11.7 Å². The Labute approximate surface area is 124 Å². The summed E-state index contributed by atoms with van der Waals surface area (Å²) in [5.74, 6) is 2.21. The smallest absolute Gasteiger partial charge is 0.305 e. The molecule has 0 aromatic rings. The van der Waals surface area contributed by atoms with Crippen molar-refractivity contribution in [3.05, 3.63) is 0 Å². The van der Waals surface area contributed by atoms with E-state index in [9.17, 15) is 9.59 Å². The number of rotatable bonds is 8. The highest BCUT2D eigenvalue weighted by Crippen LogP contribution is 2.48. The predicted octanol–water partition coefficient (Wildman–Crippen LogP) is 3.66. The quantitative estimate of drug-likeness (QED) is 0.640. The van der Waals surface area contributed by atoms with Crippen LogP contribution in [0.4, 0.5) is 0 Å². The lowest BCUT2D eigenvalue weighted by Crippen LogP contribution is -2.28. The number of ether oxygens (including phenoxy) is 1. The van der Waals surface area contributed by atoms with E-state index < -0.39 is 0 Å². The minimum Gasteiger partial charge on any atom is -0.469 e. The predicted molar refractivity (Wildman–Crippen MR) is 82.7 cm³/mol. The maximum atomic E-state index is 12.1. The van der Waals surface area contributed by atoms with Crippen LogP contribution in [0.5, 0.6) is 0 Å². The fourth-order valence-electron chi connectivity index (χ4n) is 2.13. The van der Waals surface area contributed by atoms with E-state index in [0.717, 1.165) is 17.9 Å². The van der Waals surface area contributed by atoms with Gasteiger partial charge in [0.15, 0.2) is 0 Å². The average molecular weight is 304 g/mol. The number of thioether (sulfide) groups is 2. The average Bonchev–Trinajstić information content (AvgIpc) is 2.43. The Morgan fingerprint density at radius 3 is 2.47 bits per heavy atom. The number of carbonyl (C=O) groups excluding carboxylic acids is 2. The number of carbonyl (C=O) groups is 2. The van der Waals surface area contributed by atoms with Gasteiger partial charge in [-0.3, -0.25) is 9.59 Å². The van der Waals surface area contributed by atoms with E-state index in [0.29, 0.717) is 12.8 Å².